The highest BCUT2D eigenvalue weighted by molar-refractivity contribution is 7.18. The minimum absolute atomic E-state index is 0.0413. The third-order valence-electron chi connectivity index (χ3n) is 5.14. The Morgan fingerprint density at radius 3 is 2.76 bits per heavy atom. The van der Waals surface area contributed by atoms with Crippen LogP contribution in [0.2, 0.25) is 5.02 Å². The van der Waals surface area contributed by atoms with Gasteiger partial charge < -0.3 is 16.0 Å². The summed E-state index contributed by atoms with van der Waals surface area (Å²) in [5.74, 6) is -0.0505. The van der Waals surface area contributed by atoms with E-state index >= 15 is 0 Å². The number of halogens is 1. The number of rotatable bonds is 5. The number of aromatic nitrogens is 1. The molecule has 0 saturated carbocycles. The molecule has 0 radical (unpaired) electrons. The minimum Gasteiger partial charge on any atom is -0.352 e. The van der Waals surface area contributed by atoms with Gasteiger partial charge in [-0.15, -0.1) is 11.3 Å². The van der Waals surface area contributed by atoms with E-state index in [0.29, 0.717) is 17.1 Å². The fourth-order valence-electron chi connectivity index (χ4n) is 3.81. The molecule has 3 aromatic rings. The first kappa shape index (κ1) is 19.7. The monoisotopic (exact) mass is 428 g/mol. The molecular weight excluding hydrogens is 408 g/mol. The van der Waals surface area contributed by atoms with Crippen molar-refractivity contribution in [1.29, 1.82) is 0 Å². The molecule has 0 unspecified atom stereocenters. The molecule has 8 heteroatoms. The number of likely N-dealkylation sites (tertiary alicyclic amines) is 1. The van der Waals surface area contributed by atoms with E-state index < -0.39 is 12.1 Å². The number of para-hydroxylation sites is 1. The summed E-state index contributed by atoms with van der Waals surface area (Å²) in [7, 11) is 0. The lowest BCUT2D eigenvalue weighted by Gasteiger charge is -2.26. The van der Waals surface area contributed by atoms with Crippen molar-refractivity contribution in [2.75, 3.05) is 6.54 Å². The Morgan fingerprint density at radius 1 is 1.24 bits per heavy atom. The Hall–Kier alpha value is -2.64. The van der Waals surface area contributed by atoms with Gasteiger partial charge >= 0.3 is 6.03 Å². The molecule has 0 bridgehead atoms. The number of urea groups is 1. The first-order chi connectivity index (χ1) is 14.0. The van der Waals surface area contributed by atoms with E-state index in [2.05, 4.69) is 5.32 Å². The highest BCUT2D eigenvalue weighted by atomic mass is 35.5. The zero-order chi connectivity index (χ0) is 20.4. The molecule has 150 valence electrons. The Labute approximate surface area is 177 Å². The van der Waals surface area contributed by atoms with Gasteiger partial charge in [-0.3, -0.25) is 4.79 Å². The van der Waals surface area contributed by atoms with Gasteiger partial charge in [0, 0.05) is 11.6 Å². The number of nitrogens with two attached hydrogens (primary N) is 1. The van der Waals surface area contributed by atoms with Crippen LogP contribution in [0.3, 0.4) is 0 Å². The lowest BCUT2D eigenvalue weighted by molar-refractivity contribution is -0.132. The smallest absolute Gasteiger partial charge is 0.312 e. The average Bonchev–Trinajstić information content (AvgIpc) is 3.34. The van der Waals surface area contributed by atoms with Crippen molar-refractivity contribution in [3.05, 3.63) is 64.1 Å². The van der Waals surface area contributed by atoms with Crippen LogP contribution in [0.1, 0.15) is 41.9 Å². The standard InChI is InChI=1S/C21H21ClN4O2S/c22-14-7-2-1-6-13(14)16(25-21(23)28)12-19(27)26-11-5-9-17(26)20-24-15-8-3-4-10-18(15)29-20/h1-4,6-8,10,16-17H,5,9,11-12H2,(H3,23,25,28)/t16-,17+/m0/s1. The van der Waals surface area contributed by atoms with Crippen molar-refractivity contribution in [1.82, 2.24) is 15.2 Å². The number of hydrogen-bond donors (Lipinski definition) is 2. The number of primary amides is 1. The number of amides is 3. The van der Waals surface area contributed by atoms with E-state index in [-0.39, 0.29) is 18.4 Å². The maximum Gasteiger partial charge on any atom is 0.312 e. The van der Waals surface area contributed by atoms with Crippen molar-refractivity contribution in [3.63, 3.8) is 0 Å². The van der Waals surface area contributed by atoms with Crippen LogP contribution < -0.4 is 11.1 Å². The number of carbonyl (C=O) groups is 2. The molecule has 1 aliphatic rings. The lowest BCUT2D eigenvalue weighted by Crippen LogP contribution is -2.38. The van der Waals surface area contributed by atoms with Gasteiger partial charge in [-0.25, -0.2) is 9.78 Å². The molecule has 1 fully saturated rings. The zero-order valence-corrected chi connectivity index (χ0v) is 17.2. The maximum atomic E-state index is 13.2. The number of thiazole rings is 1. The lowest BCUT2D eigenvalue weighted by atomic mass is 10.0. The van der Waals surface area contributed by atoms with Crippen LogP contribution in [0.5, 0.6) is 0 Å². The molecule has 6 nitrogen and oxygen atoms in total. The molecule has 0 spiro atoms. The van der Waals surface area contributed by atoms with E-state index in [1.165, 1.54) is 0 Å². The molecule has 1 aromatic heterocycles. The van der Waals surface area contributed by atoms with Crippen LogP contribution in [0.25, 0.3) is 10.2 Å². The van der Waals surface area contributed by atoms with Crippen molar-refractivity contribution in [2.24, 2.45) is 5.73 Å². The van der Waals surface area contributed by atoms with Gasteiger partial charge in [-0.1, -0.05) is 41.9 Å². The van der Waals surface area contributed by atoms with Crippen LogP contribution in [-0.4, -0.2) is 28.4 Å². The number of carbonyl (C=O) groups excluding carboxylic acids is 2. The second-order valence-electron chi connectivity index (χ2n) is 7.05. The van der Waals surface area contributed by atoms with Gasteiger partial charge in [-0.2, -0.15) is 0 Å². The summed E-state index contributed by atoms with van der Waals surface area (Å²) in [6, 6.07) is 13.8. The summed E-state index contributed by atoms with van der Waals surface area (Å²) in [6.07, 6.45) is 1.89. The highest BCUT2D eigenvalue weighted by Crippen LogP contribution is 2.37. The van der Waals surface area contributed by atoms with Gasteiger partial charge in [-0.05, 0) is 36.6 Å². The first-order valence-electron chi connectivity index (χ1n) is 9.48. The van der Waals surface area contributed by atoms with Gasteiger partial charge in [0.2, 0.25) is 5.91 Å². The summed E-state index contributed by atoms with van der Waals surface area (Å²) in [5.41, 5.74) is 6.98. The molecule has 2 aromatic carbocycles. The van der Waals surface area contributed by atoms with Crippen LogP contribution in [0.4, 0.5) is 4.79 Å². The van der Waals surface area contributed by atoms with Crippen LogP contribution in [0.15, 0.2) is 48.5 Å². The van der Waals surface area contributed by atoms with Gasteiger partial charge in [0.15, 0.2) is 0 Å². The second-order valence-corrected chi connectivity index (χ2v) is 8.52. The maximum absolute atomic E-state index is 13.2. The summed E-state index contributed by atoms with van der Waals surface area (Å²) < 4.78 is 1.12. The van der Waals surface area contributed by atoms with Crippen molar-refractivity contribution in [3.8, 4) is 0 Å². The highest BCUT2D eigenvalue weighted by Gasteiger charge is 2.33. The Balaban J connectivity index is 1.56. The molecule has 3 amide bonds. The summed E-state index contributed by atoms with van der Waals surface area (Å²) in [4.78, 5) is 31.3. The number of nitrogens with zero attached hydrogens (tertiary/aromatic N) is 2. The van der Waals surface area contributed by atoms with Crippen LogP contribution >= 0.6 is 22.9 Å². The van der Waals surface area contributed by atoms with E-state index in [1.807, 2.05) is 35.2 Å². The normalized spacial score (nSPS) is 17.4. The van der Waals surface area contributed by atoms with Crippen LogP contribution in [-0.2, 0) is 4.79 Å². The number of benzene rings is 2. The Kier molecular flexibility index (Phi) is 5.69. The average molecular weight is 429 g/mol. The third kappa shape index (κ3) is 4.21. The molecule has 4 rings (SSSR count). The molecule has 1 aliphatic heterocycles. The largest absolute Gasteiger partial charge is 0.352 e. The molecule has 3 N–H and O–H groups in total. The zero-order valence-electron chi connectivity index (χ0n) is 15.7. The summed E-state index contributed by atoms with van der Waals surface area (Å²) >= 11 is 7.92. The summed E-state index contributed by atoms with van der Waals surface area (Å²) in [5, 5.41) is 4.10. The Morgan fingerprint density at radius 2 is 2.00 bits per heavy atom. The van der Waals surface area contributed by atoms with Crippen molar-refractivity contribution < 1.29 is 9.59 Å². The van der Waals surface area contributed by atoms with E-state index in [1.54, 1.807) is 29.5 Å². The Bertz CT molecular complexity index is 1020. The topological polar surface area (TPSA) is 88.3 Å². The van der Waals surface area contributed by atoms with E-state index in [0.717, 1.165) is 28.1 Å². The van der Waals surface area contributed by atoms with Crippen molar-refractivity contribution in [2.45, 2.75) is 31.3 Å². The number of fused-ring (bicyclic) bond motifs is 1. The van der Waals surface area contributed by atoms with Crippen LogP contribution in [0, 0.1) is 0 Å². The van der Waals surface area contributed by atoms with E-state index in [4.69, 9.17) is 22.3 Å². The fourth-order valence-corrected chi connectivity index (χ4v) is 5.20. The molecule has 2 heterocycles. The molecule has 2 atom stereocenters. The second kappa shape index (κ2) is 8.39. The van der Waals surface area contributed by atoms with Crippen molar-refractivity contribution >= 4 is 45.1 Å². The quantitative estimate of drug-likeness (QED) is 0.630. The molecule has 0 aliphatic carbocycles. The third-order valence-corrected chi connectivity index (χ3v) is 6.63. The number of nitrogens with one attached hydrogen (secondary N) is 1. The van der Waals surface area contributed by atoms with Gasteiger partial charge in [0.1, 0.15) is 5.01 Å². The van der Waals surface area contributed by atoms with E-state index in [9.17, 15) is 9.59 Å². The molecular formula is C21H21ClN4O2S. The predicted octanol–water partition coefficient (Wildman–Crippen LogP) is 4.41. The number of hydrogen-bond acceptors (Lipinski definition) is 4. The first-order valence-corrected chi connectivity index (χ1v) is 10.7. The predicted molar refractivity (Wildman–Crippen MR) is 115 cm³/mol. The van der Waals surface area contributed by atoms with Gasteiger partial charge in [0.05, 0.1) is 28.7 Å². The SMILES string of the molecule is NC(=O)N[C@@H](CC(=O)N1CCC[C@@H]1c1nc2ccccc2s1)c1ccccc1Cl. The van der Waals surface area contributed by atoms with Gasteiger partial charge in [0.25, 0.3) is 0 Å². The minimum atomic E-state index is -0.688. The summed E-state index contributed by atoms with van der Waals surface area (Å²) in [6.45, 7) is 0.672. The molecule has 29 heavy (non-hydrogen) atoms. The molecule has 1 saturated heterocycles. The fraction of sp³-hybridized carbons (Fsp3) is 0.286.